The average molecular weight is 396 g/mol. The quantitative estimate of drug-likeness (QED) is 0.709. The number of nitrogens with zero attached hydrogens (tertiary/aromatic N) is 2. The molecule has 2 unspecified atom stereocenters. The number of ketones is 1. The summed E-state index contributed by atoms with van der Waals surface area (Å²) in [6.07, 6.45) is 3.03. The normalized spacial score (nSPS) is 23.9. The van der Waals surface area contributed by atoms with Gasteiger partial charge in [-0.2, -0.15) is 0 Å². The van der Waals surface area contributed by atoms with Crippen molar-refractivity contribution in [3.8, 4) is 5.88 Å². The van der Waals surface area contributed by atoms with Crippen LogP contribution < -0.4 is 4.74 Å². The molecule has 29 heavy (non-hydrogen) atoms. The number of piperidine rings is 1. The lowest BCUT2D eigenvalue weighted by Crippen LogP contribution is -2.49. The maximum atomic E-state index is 13.2. The van der Waals surface area contributed by atoms with Crippen molar-refractivity contribution >= 4 is 22.8 Å². The van der Waals surface area contributed by atoms with E-state index in [1.807, 2.05) is 49.9 Å². The standard InChI is InChI=1S/C23H28N2O4/c1-23(2,3)29-22(27)25-17-7-8-18(25)13-16(12-17)21(26)15-5-9-19-14(11-15)6-10-20(24-19)28-4/h5-6,9-11,16-18H,7-8,12-13H2,1-4H3. The van der Waals surface area contributed by atoms with Crippen LogP contribution in [0, 0.1) is 5.92 Å². The van der Waals surface area contributed by atoms with Gasteiger partial charge in [0, 0.05) is 35.0 Å². The lowest BCUT2D eigenvalue weighted by molar-refractivity contribution is 0.00254. The predicted molar refractivity (Wildman–Crippen MR) is 110 cm³/mol. The first-order valence-electron chi connectivity index (χ1n) is 10.3. The number of methoxy groups -OCH3 is 1. The van der Waals surface area contributed by atoms with Gasteiger partial charge in [-0.05, 0) is 70.7 Å². The van der Waals surface area contributed by atoms with Crippen LogP contribution in [0.15, 0.2) is 30.3 Å². The van der Waals surface area contributed by atoms with Crippen LogP contribution in [-0.2, 0) is 4.74 Å². The van der Waals surface area contributed by atoms with Crippen LogP contribution >= 0.6 is 0 Å². The zero-order valence-corrected chi connectivity index (χ0v) is 17.5. The molecule has 2 saturated heterocycles. The molecule has 0 aliphatic carbocycles. The molecular formula is C23H28N2O4. The van der Waals surface area contributed by atoms with Gasteiger partial charge in [0.15, 0.2) is 5.78 Å². The lowest BCUT2D eigenvalue weighted by Gasteiger charge is -2.39. The molecule has 1 amide bonds. The summed E-state index contributed by atoms with van der Waals surface area (Å²) in [6.45, 7) is 5.65. The van der Waals surface area contributed by atoms with Crippen molar-refractivity contribution in [1.29, 1.82) is 0 Å². The number of pyridine rings is 1. The number of hydrogen-bond acceptors (Lipinski definition) is 5. The number of aromatic nitrogens is 1. The van der Waals surface area contributed by atoms with E-state index in [1.165, 1.54) is 0 Å². The Balaban J connectivity index is 1.50. The first-order valence-corrected chi connectivity index (χ1v) is 10.3. The molecule has 2 aromatic rings. The molecule has 2 aliphatic heterocycles. The monoisotopic (exact) mass is 396 g/mol. The van der Waals surface area contributed by atoms with Crippen molar-refractivity contribution in [1.82, 2.24) is 9.88 Å². The first-order chi connectivity index (χ1) is 13.7. The first kappa shape index (κ1) is 19.7. The molecule has 6 heteroatoms. The van der Waals surface area contributed by atoms with Crippen molar-refractivity contribution < 1.29 is 19.1 Å². The van der Waals surface area contributed by atoms with Gasteiger partial charge in [-0.3, -0.25) is 4.79 Å². The summed E-state index contributed by atoms with van der Waals surface area (Å²) in [5.41, 5.74) is 1.01. The molecule has 6 nitrogen and oxygen atoms in total. The van der Waals surface area contributed by atoms with E-state index in [0.29, 0.717) is 24.3 Å². The number of rotatable bonds is 3. The minimum absolute atomic E-state index is 0.0603. The molecule has 2 bridgehead atoms. The van der Waals surface area contributed by atoms with Crippen LogP contribution in [0.5, 0.6) is 5.88 Å². The van der Waals surface area contributed by atoms with Crippen molar-refractivity contribution in [2.24, 2.45) is 5.92 Å². The molecule has 154 valence electrons. The molecule has 1 aromatic carbocycles. The Labute approximate surface area is 171 Å². The number of carbonyl (C=O) groups excluding carboxylic acids is 2. The van der Waals surface area contributed by atoms with Gasteiger partial charge in [0.25, 0.3) is 0 Å². The summed E-state index contributed by atoms with van der Waals surface area (Å²) in [5, 5.41) is 0.922. The molecule has 2 fully saturated rings. The molecule has 2 aliphatic rings. The van der Waals surface area contributed by atoms with Gasteiger partial charge in [-0.15, -0.1) is 0 Å². The Morgan fingerprint density at radius 1 is 1.07 bits per heavy atom. The SMILES string of the molecule is COc1ccc2cc(C(=O)C3CC4CCC(C3)N4C(=O)OC(C)(C)C)ccc2n1. The highest BCUT2D eigenvalue weighted by Crippen LogP contribution is 2.40. The third kappa shape index (κ3) is 3.93. The second kappa shape index (κ2) is 7.32. The number of Topliss-reactive ketones (excluding diaryl/α,β-unsaturated/α-hetero) is 1. The van der Waals surface area contributed by atoms with Crippen LogP contribution in [0.1, 0.15) is 56.8 Å². The highest BCUT2D eigenvalue weighted by atomic mass is 16.6. The molecule has 0 spiro atoms. The van der Waals surface area contributed by atoms with Gasteiger partial charge in [-0.1, -0.05) is 0 Å². The molecule has 0 saturated carbocycles. The Hall–Kier alpha value is -2.63. The maximum absolute atomic E-state index is 13.2. The van der Waals surface area contributed by atoms with Gasteiger partial charge in [-0.25, -0.2) is 9.78 Å². The Morgan fingerprint density at radius 3 is 2.38 bits per heavy atom. The topological polar surface area (TPSA) is 68.7 Å². The van der Waals surface area contributed by atoms with E-state index in [9.17, 15) is 9.59 Å². The van der Waals surface area contributed by atoms with E-state index in [4.69, 9.17) is 9.47 Å². The number of hydrogen-bond donors (Lipinski definition) is 0. The van der Waals surface area contributed by atoms with Crippen molar-refractivity contribution in [3.05, 3.63) is 35.9 Å². The Kier molecular flexibility index (Phi) is 4.97. The smallest absolute Gasteiger partial charge is 0.410 e. The minimum Gasteiger partial charge on any atom is -0.481 e. The minimum atomic E-state index is -0.509. The zero-order chi connectivity index (χ0) is 20.8. The fraction of sp³-hybridized carbons (Fsp3) is 0.522. The second-order valence-corrected chi connectivity index (χ2v) is 9.07. The number of ether oxygens (including phenoxy) is 2. The summed E-state index contributed by atoms with van der Waals surface area (Å²) in [4.78, 5) is 32.1. The maximum Gasteiger partial charge on any atom is 0.410 e. The summed E-state index contributed by atoms with van der Waals surface area (Å²) in [7, 11) is 1.59. The van der Waals surface area contributed by atoms with E-state index >= 15 is 0 Å². The molecule has 1 aromatic heterocycles. The third-order valence-corrected chi connectivity index (χ3v) is 5.87. The summed E-state index contributed by atoms with van der Waals surface area (Å²) in [5.74, 6) is 0.654. The summed E-state index contributed by atoms with van der Waals surface area (Å²) < 4.78 is 10.8. The van der Waals surface area contributed by atoms with Gasteiger partial charge < -0.3 is 14.4 Å². The number of amides is 1. The van der Waals surface area contributed by atoms with Gasteiger partial charge >= 0.3 is 6.09 Å². The molecule has 0 N–H and O–H groups in total. The highest BCUT2D eigenvalue weighted by Gasteiger charge is 2.46. The van der Waals surface area contributed by atoms with Gasteiger partial charge in [0.1, 0.15) is 5.60 Å². The molecular weight excluding hydrogens is 368 g/mol. The largest absolute Gasteiger partial charge is 0.481 e. The molecule has 3 heterocycles. The summed E-state index contributed by atoms with van der Waals surface area (Å²) >= 11 is 0. The molecule has 0 radical (unpaired) electrons. The van der Waals surface area contributed by atoms with Gasteiger partial charge in [0.05, 0.1) is 12.6 Å². The van der Waals surface area contributed by atoms with Crippen LogP contribution in [0.3, 0.4) is 0 Å². The van der Waals surface area contributed by atoms with Crippen LogP contribution in [0.25, 0.3) is 10.9 Å². The van der Waals surface area contributed by atoms with Crippen LogP contribution in [-0.4, -0.2) is 46.6 Å². The second-order valence-electron chi connectivity index (χ2n) is 9.07. The fourth-order valence-electron chi connectivity index (χ4n) is 4.61. The van der Waals surface area contributed by atoms with E-state index < -0.39 is 5.60 Å². The van der Waals surface area contributed by atoms with Gasteiger partial charge in [0.2, 0.25) is 5.88 Å². The van der Waals surface area contributed by atoms with E-state index in [-0.39, 0.29) is 29.9 Å². The Bertz CT molecular complexity index is 936. The molecule has 4 rings (SSSR count). The lowest BCUT2D eigenvalue weighted by atomic mass is 9.84. The van der Waals surface area contributed by atoms with Crippen molar-refractivity contribution in [2.75, 3.05) is 7.11 Å². The number of carbonyl (C=O) groups is 2. The number of benzene rings is 1. The van der Waals surface area contributed by atoms with Crippen LogP contribution in [0.2, 0.25) is 0 Å². The third-order valence-electron chi connectivity index (χ3n) is 5.87. The van der Waals surface area contributed by atoms with Crippen LogP contribution in [0.4, 0.5) is 4.79 Å². The van der Waals surface area contributed by atoms with Crippen molar-refractivity contribution in [3.63, 3.8) is 0 Å². The predicted octanol–water partition coefficient (Wildman–Crippen LogP) is 4.60. The van der Waals surface area contributed by atoms with E-state index in [0.717, 1.165) is 23.7 Å². The van der Waals surface area contributed by atoms with Crippen molar-refractivity contribution in [2.45, 2.75) is 64.1 Å². The average Bonchev–Trinajstić information content (AvgIpc) is 2.95. The number of fused-ring (bicyclic) bond motifs is 3. The Morgan fingerprint density at radius 2 is 1.76 bits per heavy atom. The highest BCUT2D eigenvalue weighted by molar-refractivity contribution is 6.01. The van der Waals surface area contributed by atoms with E-state index in [1.54, 1.807) is 13.2 Å². The molecule has 2 atom stereocenters. The fourth-order valence-corrected chi connectivity index (χ4v) is 4.61. The zero-order valence-electron chi connectivity index (χ0n) is 17.5. The van der Waals surface area contributed by atoms with E-state index in [2.05, 4.69) is 4.98 Å². The summed E-state index contributed by atoms with van der Waals surface area (Å²) in [6, 6.07) is 9.53.